The fourth-order valence-corrected chi connectivity index (χ4v) is 1.96. The minimum atomic E-state index is -0.235. The number of benzene rings is 2. The van der Waals surface area contributed by atoms with Gasteiger partial charge in [-0.15, -0.1) is 0 Å². The van der Waals surface area contributed by atoms with Gasteiger partial charge in [-0.2, -0.15) is 0 Å². The molecule has 0 saturated carbocycles. The number of ether oxygens (including phenoxy) is 2. The Bertz CT molecular complexity index is 560. The molecule has 2 aromatic carbocycles. The van der Waals surface area contributed by atoms with Crippen LogP contribution in [0.1, 0.15) is 11.6 Å². The molecule has 0 heterocycles. The van der Waals surface area contributed by atoms with Gasteiger partial charge in [-0.05, 0) is 25.2 Å². The van der Waals surface area contributed by atoms with E-state index in [0.717, 1.165) is 5.75 Å². The predicted molar refractivity (Wildman–Crippen MR) is 76.7 cm³/mol. The van der Waals surface area contributed by atoms with Crippen molar-refractivity contribution in [2.24, 2.45) is 0 Å². The highest BCUT2D eigenvalue weighted by atomic mass is 19.1. The second-order valence-electron chi connectivity index (χ2n) is 4.35. The lowest BCUT2D eigenvalue weighted by Gasteiger charge is -2.18. The van der Waals surface area contributed by atoms with Crippen LogP contribution in [-0.4, -0.2) is 20.8 Å². The van der Waals surface area contributed by atoms with Gasteiger partial charge in [0.2, 0.25) is 0 Å². The molecule has 0 saturated heterocycles. The SMILES string of the molecule is CNC(COc1cccc(OC)c1)c1ccccc1F. The first-order valence-corrected chi connectivity index (χ1v) is 6.43. The van der Waals surface area contributed by atoms with E-state index in [9.17, 15) is 4.39 Å². The molecule has 0 aromatic heterocycles. The zero-order valence-corrected chi connectivity index (χ0v) is 11.6. The predicted octanol–water partition coefficient (Wildman–Crippen LogP) is 3.17. The molecule has 0 aliphatic rings. The van der Waals surface area contributed by atoms with E-state index in [1.807, 2.05) is 24.3 Å². The van der Waals surface area contributed by atoms with Crippen molar-refractivity contribution in [3.63, 3.8) is 0 Å². The number of methoxy groups -OCH3 is 1. The molecule has 0 fully saturated rings. The van der Waals surface area contributed by atoms with Crippen molar-refractivity contribution < 1.29 is 13.9 Å². The maximum absolute atomic E-state index is 13.8. The summed E-state index contributed by atoms with van der Waals surface area (Å²) in [6, 6.07) is 13.8. The highest BCUT2D eigenvalue weighted by molar-refractivity contribution is 5.33. The summed E-state index contributed by atoms with van der Waals surface area (Å²) in [5.41, 5.74) is 0.595. The number of hydrogen-bond donors (Lipinski definition) is 1. The van der Waals surface area contributed by atoms with Gasteiger partial charge >= 0.3 is 0 Å². The molecule has 20 heavy (non-hydrogen) atoms. The Morgan fingerprint density at radius 3 is 2.55 bits per heavy atom. The van der Waals surface area contributed by atoms with Crippen molar-refractivity contribution in [3.05, 3.63) is 59.9 Å². The lowest BCUT2D eigenvalue weighted by molar-refractivity contribution is 0.268. The Labute approximate surface area is 118 Å². The monoisotopic (exact) mass is 275 g/mol. The van der Waals surface area contributed by atoms with Crippen LogP contribution in [0.4, 0.5) is 4.39 Å². The van der Waals surface area contributed by atoms with E-state index in [4.69, 9.17) is 9.47 Å². The molecule has 2 aromatic rings. The topological polar surface area (TPSA) is 30.5 Å². The van der Waals surface area contributed by atoms with Crippen LogP contribution < -0.4 is 14.8 Å². The molecule has 1 N–H and O–H groups in total. The van der Waals surface area contributed by atoms with E-state index in [0.29, 0.717) is 17.9 Å². The van der Waals surface area contributed by atoms with Gasteiger partial charge in [0, 0.05) is 11.6 Å². The summed E-state index contributed by atoms with van der Waals surface area (Å²) in [5, 5.41) is 3.06. The summed E-state index contributed by atoms with van der Waals surface area (Å²) in [5.74, 6) is 1.19. The van der Waals surface area contributed by atoms with E-state index in [1.165, 1.54) is 6.07 Å². The zero-order chi connectivity index (χ0) is 14.4. The van der Waals surface area contributed by atoms with Crippen LogP contribution in [0, 0.1) is 5.82 Å². The van der Waals surface area contributed by atoms with Gasteiger partial charge in [-0.1, -0.05) is 24.3 Å². The van der Waals surface area contributed by atoms with Gasteiger partial charge in [0.05, 0.1) is 13.2 Å². The molecule has 1 atom stereocenters. The van der Waals surface area contributed by atoms with Gasteiger partial charge < -0.3 is 14.8 Å². The Morgan fingerprint density at radius 2 is 1.85 bits per heavy atom. The van der Waals surface area contributed by atoms with E-state index >= 15 is 0 Å². The summed E-state index contributed by atoms with van der Waals surface area (Å²) in [4.78, 5) is 0. The lowest BCUT2D eigenvalue weighted by atomic mass is 10.1. The van der Waals surface area contributed by atoms with Crippen molar-refractivity contribution in [3.8, 4) is 11.5 Å². The molecule has 4 heteroatoms. The number of nitrogens with one attached hydrogen (secondary N) is 1. The third-order valence-electron chi connectivity index (χ3n) is 3.09. The maximum Gasteiger partial charge on any atom is 0.128 e. The van der Waals surface area contributed by atoms with E-state index in [2.05, 4.69) is 5.32 Å². The van der Waals surface area contributed by atoms with Crippen molar-refractivity contribution in [2.75, 3.05) is 20.8 Å². The van der Waals surface area contributed by atoms with Crippen molar-refractivity contribution in [1.82, 2.24) is 5.32 Å². The summed E-state index contributed by atoms with van der Waals surface area (Å²) in [6.07, 6.45) is 0. The quantitative estimate of drug-likeness (QED) is 0.878. The molecule has 0 amide bonds. The van der Waals surface area contributed by atoms with Crippen LogP contribution in [0.5, 0.6) is 11.5 Å². The molecule has 3 nitrogen and oxygen atoms in total. The van der Waals surface area contributed by atoms with Gasteiger partial charge in [0.25, 0.3) is 0 Å². The second kappa shape index (κ2) is 6.91. The van der Waals surface area contributed by atoms with Crippen LogP contribution >= 0.6 is 0 Å². The van der Waals surface area contributed by atoms with Crippen molar-refractivity contribution >= 4 is 0 Å². The first-order valence-electron chi connectivity index (χ1n) is 6.43. The lowest BCUT2D eigenvalue weighted by Crippen LogP contribution is -2.24. The van der Waals surface area contributed by atoms with Crippen molar-refractivity contribution in [2.45, 2.75) is 6.04 Å². The molecule has 1 unspecified atom stereocenters. The highest BCUT2D eigenvalue weighted by Gasteiger charge is 2.14. The van der Waals surface area contributed by atoms with Crippen LogP contribution in [0.2, 0.25) is 0 Å². The summed E-state index contributed by atoms with van der Waals surface area (Å²) < 4.78 is 24.6. The largest absolute Gasteiger partial charge is 0.497 e. The standard InChI is InChI=1S/C16H18FNO2/c1-18-16(14-8-3-4-9-15(14)17)11-20-13-7-5-6-12(10-13)19-2/h3-10,16,18H,11H2,1-2H3. The van der Waals surface area contributed by atoms with E-state index < -0.39 is 0 Å². The summed E-state index contributed by atoms with van der Waals surface area (Å²) >= 11 is 0. The Balaban J connectivity index is 2.06. The third-order valence-corrected chi connectivity index (χ3v) is 3.09. The van der Waals surface area contributed by atoms with Gasteiger partial charge in [-0.25, -0.2) is 4.39 Å². The van der Waals surface area contributed by atoms with Crippen LogP contribution in [0.25, 0.3) is 0 Å². The fraction of sp³-hybridized carbons (Fsp3) is 0.250. The summed E-state index contributed by atoms with van der Waals surface area (Å²) in [6.45, 7) is 0.338. The molecule has 2 rings (SSSR count). The number of rotatable bonds is 6. The molecule has 0 bridgehead atoms. The normalized spacial score (nSPS) is 11.9. The van der Waals surface area contributed by atoms with Crippen LogP contribution in [0.15, 0.2) is 48.5 Å². The molecular formula is C16H18FNO2. The van der Waals surface area contributed by atoms with Crippen molar-refractivity contribution in [1.29, 1.82) is 0 Å². The number of likely N-dealkylation sites (N-methyl/N-ethyl adjacent to an activating group) is 1. The van der Waals surface area contributed by atoms with Crippen LogP contribution in [0.3, 0.4) is 0 Å². The van der Waals surface area contributed by atoms with Crippen LogP contribution in [-0.2, 0) is 0 Å². The second-order valence-corrected chi connectivity index (χ2v) is 4.35. The molecule has 106 valence electrons. The average Bonchev–Trinajstić information content (AvgIpc) is 2.49. The third kappa shape index (κ3) is 3.48. The van der Waals surface area contributed by atoms with E-state index in [-0.39, 0.29) is 11.9 Å². The van der Waals surface area contributed by atoms with Gasteiger partial charge in [-0.3, -0.25) is 0 Å². The smallest absolute Gasteiger partial charge is 0.128 e. The van der Waals surface area contributed by atoms with E-state index in [1.54, 1.807) is 32.4 Å². The number of hydrogen-bond acceptors (Lipinski definition) is 3. The Morgan fingerprint density at radius 1 is 1.10 bits per heavy atom. The highest BCUT2D eigenvalue weighted by Crippen LogP contribution is 2.22. The maximum atomic E-state index is 13.8. The first-order chi connectivity index (χ1) is 9.74. The minimum Gasteiger partial charge on any atom is -0.497 e. The molecule has 0 spiro atoms. The van der Waals surface area contributed by atoms with Gasteiger partial charge in [0.1, 0.15) is 23.9 Å². The van der Waals surface area contributed by atoms with Gasteiger partial charge in [0.15, 0.2) is 0 Å². The summed E-state index contributed by atoms with van der Waals surface area (Å²) in [7, 11) is 3.39. The minimum absolute atomic E-state index is 0.206. The zero-order valence-electron chi connectivity index (χ0n) is 11.6. The Kier molecular flexibility index (Phi) is 4.96. The number of halogens is 1. The Hall–Kier alpha value is -2.07. The first kappa shape index (κ1) is 14.3. The molecule has 0 aliphatic heterocycles. The fourth-order valence-electron chi connectivity index (χ4n) is 1.96. The molecular weight excluding hydrogens is 257 g/mol. The molecule has 0 radical (unpaired) electrons. The average molecular weight is 275 g/mol. The molecule has 0 aliphatic carbocycles.